The van der Waals surface area contributed by atoms with Crippen LogP contribution in [0.25, 0.3) is 33.9 Å². The molecule has 4 aromatic rings. The average Bonchev–Trinajstić information content (AvgIpc) is 2.70. The van der Waals surface area contributed by atoms with Gasteiger partial charge in [0.1, 0.15) is 11.4 Å². The van der Waals surface area contributed by atoms with Crippen molar-refractivity contribution >= 4 is 0 Å². The van der Waals surface area contributed by atoms with E-state index in [0.717, 1.165) is 16.7 Å². The molecule has 1 heterocycles. The summed E-state index contributed by atoms with van der Waals surface area (Å²) in [7, 11) is 0. The molecular weight excluding hydrogens is 311 g/mol. The Morgan fingerprint density at radius 1 is 0.480 bits per heavy atom. The van der Waals surface area contributed by atoms with Gasteiger partial charge in [-0.05, 0) is 0 Å². The summed E-state index contributed by atoms with van der Waals surface area (Å²) in [4.78, 5) is 9.03. The minimum Gasteiger partial charge on any atom is -0.225 e. The molecule has 120 valence electrons. The maximum atomic E-state index is 15.2. The fourth-order valence-corrected chi connectivity index (χ4v) is 2.74. The Morgan fingerprint density at radius 2 is 0.840 bits per heavy atom. The average molecular weight is 326 g/mol. The molecular formula is C22H15FN2. The van der Waals surface area contributed by atoms with Crippen LogP contribution in [-0.2, 0) is 0 Å². The third-order valence-electron chi connectivity index (χ3n) is 3.98. The molecule has 0 saturated carbocycles. The van der Waals surface area contributed by atoms with E-state index in [4.69, 9.17) is 0 Å². The highest BCUT2D eigenvalue weighted by Crippen LogP contribution is 2.30. The number of aromatic nitrogens is 2. The van der Waals surface area contributed by atoms with E-state index < -0.39 is 5.82 Å². The molecule has 3 heteroatoms. The summed E-state index contributed by atoms with van der Waals surface area (Å²) in [6, 6.07) is 28.4. The van der Waals surface area contributed by atoms with Gasteiger partial charge in [-0.3, -0.25) is 0 Å². The maximum absolute atomic E-state index is 15.2. The van der Waals surface area contributed by atoms with Gasteiger partial charge >= 0.3 is 0 Å². The first-order valence-corrected chi connectivity index (χ1v) is 8.07. The van der Waals surface area contributed by atoms with Gasteiger partial charge in [0.25, 0.3) is 0 Å². The zero-order chi connectivity index (χ0) is 17.1. The predicted octanol–water partition coefficient (Wildman–Crippen LogP) is 5.62. The van der Waals surface area contributed by atoms with Crippen LogP contribution in [0.4, 0.5) is 4.39 Å². The van der Waals surface area contributed by atoms with Gasteiger partial charge in [-0.1, -0.05) is 91.0 Å². The number of hydrogen-bond donors (Lipinski definition) is 0. The largest absolute Gasteiger partial charge is 0.225 e. The molecule has 0 atom stereocenters. The Morgan fingerprint density at radius 3 is 1.24 bits per heavy atom. The number of rotatable bonds is 3. The van der Waals surface area contributed by atoms with Crippen LogP contribution in [0, 0.1) is 5.82 Å². The standard InChI is InChI=1S/C22H15FN2/c23-19-20(16-10-4-1-5-11-16)24-22(18-14-8-3-9-15-18)25-21(19)17-12-6-2-7-13-17/h1-15H. The molecule has 0 spiro atoms. The highest BCUT2D eigenvalue weighted by atomic mass is 19.1. The smallest absolute Gasteiger partial charge is 0.175 e. The molecule has 2 nitrogen and oxygen atoms in total. The molecule has 0 amide bonds. The van der Waals surface area contributed by atoms with Crippen LogP contribution in [0.15, 0.2) is 91.0 Å². The quantitative estimate of drug-likeness (QED) is 0.488. The van der Waals surface area contributed by atoms with Gasteiger partial charge < -0.3 is 0 Å². The number of halogens is 1. The summed E-state index contributed by atoms with van der Waals surface area (Å²) >= 11 is 0. The second-order valence-corrected chi connectivity index (χ2v) is 5.66. The van der Waals surface area contributed by atoms with Crippen LogP contribution in [0.1, 0.15) is 0 Å². The van der Waals surface area contributed by atoms with Crippen molar-refractivity contribution < 1.29 is 4.39 Å². The van der Waals surface area contributed by atoms with E-state index in [2.05, 4.69) is 9.97 Å². The Bertz CT molecular complexity index is 924. The molecule has 0 aliphatic carbocycles. The van der Waals surface area contributed by atoms with Gasteiger partial charge in [-0.25, -0.2) is 14.4 Å². The topological polar surface area (TPSA) is 25.8 Å². The molecule has 0 bridgehead atoms. The van der Waals surface area contributed by atoms with Crippen molar-refractivity contribution in [3.05, 3.63) is 96.8 Å². The summed E-state index contributed by atoms with van der Waals surface area (Å²) in [6.07, 6.45) is 0. The lowest BCUT2D eigenvalue weighted by molar-refractivity contribution is 0.623. The molecule has 0 radical (unpaired) electrons. The van der Waals surface area contributed by atoms with E-state index in [9.17, 15) is 0 Å². The maximum Gasteiger partial charge on any atom is 0.175 e. The lowest BCUT2D eigenvalue weighted by atomic mass is 10.1. The zero-order valence-corrected chi connectivity index (χ0v) is 13.4. The summed E-state index contributed by atoms with van der Waals surface area (Å²) in [5, 5.41) is 0. The molecule has 0 saturated heterocycles. The lowest BCUT2D eigenvalue weighted by Crippen LogP contribution is -2.00. The van der Waals surface area contributed by atoms with Crippen molar-refractivity contribution in [2.24, 2.45) is 0 Å². The van der Waals surface area contributed by atoms with Crippen molar-refractivity contribution in [3.8, 4) is 33.9 Å². The van der Waals surface area contributed by atoms with Crippen LogP contribution in [0.2, 0.25) is 0 Å². The van der Waals surface area contributed by atoms with Gasteiger partial charge in [-0.15, -0.1) is 0 Å². The fraction of sp³-hybridized carbons (Fsp3) is 0. The van der Waals surface area contributed by atoms with E-state index in [1.54, 1.807) is 0 Å². The Labute approximate surface area is 145 Å². The summed E-state index contributed by atoms with van der Waals surface area (Å²) in [6.45, 7) is 0. The SMILES string of the molecule is Fc1c(-c2ccccc2)nc(-c2ccccc2)nc1-c1ccccc1. The van der Waals surface area contributed by atoms with Crippen LogP contribution >= 0.6 is 0 Å². The third kappa shape index (κ3) is 3.04. The molecule has 0 fully saturated rings. The molecule has 3 aromatic carbocycles. The number of nitrogens with zero attached hydrogens (tertiary/aromatic N) is 2. The fourth-order valence-electron chi connectivity index (χ4n) is 2.74. The van der Waals surface area contributed by atoms with Crippen LogP contribution in [0.3, 0.4) is 0 Å². The van der Waals surface area contributed by atoms with E-state index in [1.807, 2.05) is 91.0 Å². The lowest BCUT2D eigenvalue weighted by Gasteiger charge is -2.11. The molecule has 0 unspecified atom stereocenters. The van der Waals surface area contributed by atoms with E-state index >= 15 is 4.39 Å². The molecule has 1 aromatic heterocycles. The Kier molecular flexibility index (Phi) is 4.05. The second kappa shape index (κ2) is 6.65. The summed E-state index contributed by atoms with van der Waals surface area (Å²) < 4.78 is 15.2. The van der Waals surface area contributed by atoms with Crippen LogP contribution in [0.5, 0.6) is 0 Å². The normalized spacial score (nSPS) is 10.6. The number of benzene rings is 3. The monoisotopic (exact) mass is 326 g/mol. The van der Waals surface area contributed by atoms with Crippen molar-refractivity contribution in [3.63, 3.8) is 0 Å². The molecule has 0 N–H and O–H groups in total. The third-order valence-corrected chi connectivity index (χ3v) is 3.98. The van der Waals surface area contributed by atoms with Gasteiger partial charge in [-0.2, -0.15) is 0 Å². The molecule has 0 aliphatic heterocycles. The molecule has 25 heavy (non-hydrogen) atoms. The first-order chi connectivity index (χ1) is 12.3. The van der Waals surface area contributed by atoms with Gasteiger partial charge in [0.15, 0.2) is 11.6 Å². The highest BCUT2D eigenvalue weighted by Gasteiger charge is 2.17. The van der Waals surface area contributed by atoms with Gasteiger partial charge in [0.2, 0.25) is 0 Å². The van der Waals surface area contributed by atoms with Gasteiger partial charge in [0, 0.05) is 16.7 Å². The predicted molar refractivity (Wildman–Crippen MR) is 98.3 cm³/mol. The molecule has 4 rings (SSSR count). The van der Waals surface area contributed by atoms with Crippen molar-refractivity contribution in [2.45, 2.75) is 0 Å². The number of hydrogen-bond acceptors (Lipinski definition) is 2. The minimum absolute atomic E-state index is 0.313. The summed E-state index contributed by atoms with van der Waals surface area (Å²) in [5.41, 5.74) is 2.95. The van der Waals surface area contributed by atoms with E-state index in [0.29, 0.717) is 17.2 Å². The summed E-state index contributed by atoms with van der Waals surface area (Å²) in [5.74, 6) is 0.108. The van der Waals surface area contributed by atoms with Crippen molar-refractivity contribution in [1.82, 2.24) is 9.97 Å². The first kappa shape index (κ1) is 15.2. The Hall–Kier alpha value is -3.33. The Balaban J connectivity index is 1.98. The van der Waals surface area contributed by atoms with Gasteiger partial charge in [0.05, 0.1) is 0 Å². The molecule has 0 aliphatic rings. The van der Waals surface area contributed by atoms with E-state index in [-0.39, 0.29) is 0 Å². The van der Waals surface area contributed by atoms with Crippen LogP contribution < -0.4 is 0 Å². The minimum atomic E-state index is -0.405. The highest BCUT2D eigenvalue weighted by molar-refractivity contribution is 5.72. The van der Waals surface area contributed by atoms with Crippen molar-refractivity contribution in [2.75, 3.05) is 0 Å². The second-order valence-electron chi connectivity index (χ2n) is 5.66. The van der Waals surface area contributed by atoms with E-state index in [1.165, 1.54) is 0 Å². The first-order valence-electron chi connectivity index (χ1n) is 8.07. The van der Waals surface area contributed by atoms with Crippen LogP contribution in [-0.4, -0.2) is 9.97 Å². The zero-order valence-electron chi connectivity index (χ0n) is 13.4. The van der Waals surface area contributed by atoms with Crippen molar-refractivity contribution in [1.29, 1.82) is 0 Å².